The van der Waals surface area contributed by atoms with Crippen LogP contribution in [0.25, 0.3) is 22.4 Å². The molecule has 0 radical (unpaired) electrons. The van der Waals surface area contributed by atoms with E-state index in [1.165, 1.54) is 12.1 Å². The molecule has 0 amide bonds. The van der Waals surface area contributed by atoms with Crippen LogP contribution in [0.1, 0.15) is 5.89 Å². The first kappa shape index (κ1) is 14.1. The Labute approximate surface area is 135 Å². The third kappa shape index (κ3) is 2.50. The molecule has 4 rings (SSSR count). The lowest BCUT2D eigenvalue weighted by atomic mass is 10.2. The average molecular weight is 321 g/mol. The van der Waals surface area contributed by atoms with Crippen LogP contribution in [0.15, 0.2) is 59.1 Å². The molecule has 0 aliphatic heterocycles. The van der Waals surface area contributed by atoms with E-state index in [1.807, 2.05) is 30.3 Å². The highest BCUT2D eigenvalue weighted by Gasteiger charge is 2.13. The Morgan fingerprint density at radius 2 is 1.96 bits per heavy atom. The minimum atomic E-state index is -0.434. The van der Waals surface area contributed by atoms with Crippen LogP contribution in [0.2, 0.25) is 0 Å². The minimum absolute atomic E-state index is 0.0137. The predicted molar refractivity (Wildman–Crippen MR) is 85.2 cm³/mol. The number of hydrogen-bond donors (Lipinski definition) is 0. The molecule has 118 valence electrons. The molecule has 2 heterocycles. The summed E-state index contributed by atoms with van der Waals surface area (Å²) < 4.78 is 7.25. The normalized spacial score (nSPS) is 11.0. The number of nitro groups is 1. The number of fused-ring (bicyclic) bond motifs is 1. The van der Waals surface area contributed by atoms with Crippen molar-refractivity contribution in [2.45, 2.75) is 6.54 Å². The van der Waals surface area contributed by atoms with Gasteiger partial charge in [0, 0.05) is 23.1 Å². The fraction of sp³-hybridized carbons (Fsp3) is 0.0625. The van der Waals surface area contributed by atoms with Crippen molar-refractivity contribution < 1.29 is 9.34 Å². The SMILES string of the molecule is O=[N+]([O-])c1ccc2cnn(Cc3nnc(-c4ccccc4)o3)c2c1. The van der Waals surface area contributed by atoms with Crippen molar-refractivity contribution in [2.75, 3.05) is 0 Å². The zero-order valence-corrected chi connectivity index (χ0v) is 12.4. The maximum atomic E-state index is 10.9. The summed E-state index contributed by atoms with van der Waals surface area (Å²) in [5.41, 5.74) is 1.49. The van der Waals surface area contributed by atoms with Gasteiger partial charge in [-0.25, -0.2) is 0 Å². The fourth-order valence-corrected chi connectivity index (χ4v) is 2.44. The molecule has 4 aromatic rings. The number of nitro benzene ring substituents is 1. The van der Waals surface area contributed by atoms with Crippen LogP contribution in [0.3, 0.4) is 0 Å². The van der Waals surface area contributed by atoms with E-state index in [2.05, 4.69) is 15.3 Å². The Balaban J connectivity index is 1.66. The summed E-state index contributed by atoms with van der Waals surface area (Å²) in [7, 11) is 0. The lowest BCUT2D eigenvalue weighted by molar-refractivity contribution is -0.384. The van der Waals surface area contributed by atoms with E-state index < -0.39 is 4.92 Å². The summed E-state index contributed by atoms with van der Waals surface area (Å²) in [6, 6.07) is 14.0. The Kier molecular flexibility index (Phi) is 3.27. The van der Waals surface area contributed by atoms with Gasteiger partial charge < -0.3 is 4.42 Å². The minimum Gasteiger partial charge on any atom is -0.419 e. The average Bonchev–Trinajstić information content (AvgIpc) is 3.23. The number of rotatable bonds is 4. The third-order valence-electron chi connectivity index (χ3n) is 3.61. The van der Waals surface area contributed by atoms with Crippen LogP contribution < -0.4 is 0 Å². The predicted octanol–water partition coefficient (Wildman–Crippen LogP) is 3.04. The van der Waals surface area contributed by atoms with E-state index in [9.17, 15) is 10.1 Å². The van der Waals surface area contributed by atoms with Gasteiger partial charge in [-0.1, -0.05) is 18.2 Å². The van der Waals surface area contributed by atoms with Gasteiger partial charge >= 0.3 is 0 Å². The maximum absolute atomic E-state index is 10.9. The van der Waals surface area contributed by atoms with Gasteiger partial charge in [-0.05, 0) is 18.2 Å². The number of aromatic nitrogens is 4. The third-order valence-corrected chi connectivity index (χ3v) is 3.61. The number of hydrogen-bond acceptors (Lipinski definition) is 6. The first-order valence-corrected chi connectivity index (χ1v) is 7.18. The molecule has 0 aliphatic carbocycles. The first-order chi connectivity index (χ1) is 11.7. The van der Waals surface area contributed by atoms with Crippen LogP contribution in [0.5, 0.6) is 0 Å². The summed E-state index contributed by atoms with van der Waals surface area (Å²) in [5.74, 6) is 0.804. The zero-order valence-electron chi connectivity index (χ0n) is 12.4. The molecule has 0 spiro atoms. The van der Waals surface area contributed by atoms with Crippen molar-refractivity contribution >= 4 is 16.6 Å². The van der Waals surface area contributed by atoms with Gasteiger partial charge in [0.15, 0.2) is 0 Å². The fourth-order valence-electron chi connectivity index (χ4n) is 2.44. The van der Waals surface area contributed by atoms with Gasteiger partial charge in [0.05, 0.1) is 16.6 Å². The Morgan fingerprint density at radius 1 is 1.12 bits per heavy atom. The van der Waals surface area contributed by atoms with Crippen LogP contribution in [0, 0.1) is 10.1 Å². The molecule has 0 N–H and O–H groups in total. The summed E-state index contributed by atoms with van der Waals surface area (Å²) >= 11 is 0. The number of nitrogens with zero attached hydrogens (tertiary/aromatic N) is 5. The van der Waals surface area contributed by atoms with Crippen molar-refractivity contribution in [3.8, 4) is 11.5 Å². The maximum Gasteiger partial charge on any atom is 0.271 e. The van der Waals surface area contributed by atoms with Crippen molar-refractivity contribution in [3.05, 3.63) is 70.7 Å². The van der Waals surface area contributed by atoms with E-state index >= 15 is 0 Å². The topological polar surface area (TPSA) is 99.9 Å². The van der Waals surface area contributed by atoms with E-state index in [0.29, 0.717) is 17.3 Å². The van der Waals surface area contributed by atoms with Crippen LogP contribution >= 0.6 is 0 Å². The lowest BCUT2D eigenvalue weighted by Crippen LogP contribution is -2.02. The van der Waals surface area contributed by atoms with E-state index in [4.69, 9.17) is 4.42 Å². The van der Waals surface area contributed by atoms with Gasteiger partial charge in [-0.3, -0.25) is 14.8 Å². The molecule has 0 fully saturated rings. The molecule has 24 heavy (non-hydrogen) atoms. The van der Waals surface area contributed by atoms with Gasteiger partial charge in [0.1, 0.15) is 6.54 Å². The van der Waals surface area contributed by atoms with Crippen molar-refractivity contribution in [1.82, 2.24) is 20.0 Å². The van der Waals surface area contributed by atoms with Gasteiger partial charge in [-0.2, -0.15) is 5.10 Å². The first-order valence-electron chi connectivity index (χ1n) is 7.18. The van der Waals surface area contributed by atoms with Gasteiger partial charge in [-0.15, -0.1) is 10.2 Å². The highest BCUT2D eigenvalue weighted by molar-refractivity contribution is 5.81. The molecular formula is C16H11N5O3. The van der Waals surface area contributed by atoms with Gasteiger partial charge in [0.25, 0.3) is 5.69 Å². The highest BCUT2D eigenvalue weighted by Crippen LogP contribution is 2.22. The molecule has 2 aromatic carbocycles. The quantitative estimate of drug-likeness (QED) is 0.423. The monoisotopic (exact) mass is 321 g/mol. The standard InChI is InChI=1S/C16H11N5O3/c22-21(23)13-7-6-12-9-17-20(14(12)8-13)10-15-18-19-16(24-15)11-4-2-1-3-5-11/h1-9H,10H2. The van der Waals surface area contributed by atoms with E-state index in [0.717, 1.165) is 10.9 Å². The second-order valence-corrected chi connectivity index (χ2v) is 5.17. The van der Waals surface area contributed by atoms with E-state index in [1.54, 1.807) is 16.9 Å². The largest absolute Gasteiger partial charge is 0.419 e. The molecule has 0 bridgehead atoms. The molecule has 0 saturated heterocycles. The summed E-state index contributed by atoms with van der Waals surface area (Å²) in [6.07, 6.45) is 1.65. The molecule has 8 nitrogen and oxygen atoms in total. The molecule has 0 saturated carbocycles. The molecule has 0 unspecified atom stereocenters. The molecule has 2 aromatic heterocycles. The number of non-ortho nitro benzene ring substituents is 1. The molecule has 0 atom stereocenters. The van der Waals surface area contributed by atoms with Crippen LogP contribution in [-0.4, -0.2) is 24.9 Å². The molecule has 8 heteroatoms. The van der Waals surface area contributed by atoms with Crippen LogP contribution in [0.4, 0.5) is 5.69 Å². The summed E-state index contributed by atoms with van der Waals surface area (Å²) in [6.45, 7) is 0.241. The van der Waals surface area contributed by atoms with Crippen LogP contribution in [-0.2, 0) is 6.54 Å². The number of benzene rings is 2. The molecule has 0 aliphatic rings. The molecular weight excluding hydrogens is 310 g/mol. The Bertz CT molecular complexity index is 1020. The van der Waals surface area contributed by atoms with E-state index in [-0.39, 0.29) is 12.2 Å². The lowest BCUT2D eigenvalue weighted by Gasteiger charge is -1.99. The smallest absolute Gasteiger partial charge is 0.271 e. The second kappa shape index (κ2) is 5.58. The van der Waals surface area contributed by atoms with Crippen molar-refractivity contribution in [1.29, 1.82) is 0 Å². The van der Waals surface area contributed by atoms with Crippen molar-refractivity contribution in [2.24, 2.45) is 0 Å². The summed E-state index contributed by atoms with van der Waals surface area (Å²) in [4.78, 5) is 10.5. The highest BCUT2D eigenvalue weighted by atomic mass is 16.6. The van der Waals surface area contributed by atoms with Crippen molar-refractivity contribution in [3.63, 3.8) is 0 Å². The summed E-state index contributed by atoms with van der Waals surface area (Å²) in [5, 5.41) is 24.0. The Morgan fingerprint density at radius 3 is 2.75 bits per heavy atom. The van der Waals surface area contributed by atoms with Gasteiger partial charge in [0.2, 0.25) is 11.8 Å². The second-order valence-electron chi connectivity index (χ2n) is 5.17. The zero-order chi connectivity index (χ0) is 16.5. The Hall–Kier alpha value is -3.55.